The third kappa shape index (κ3) is 3.38. The summed E-state index contributed by atoms with van der Waals surface area (Å²) in [6, 6.07) is 7.39. The quantitative estimate of drug-likeness (QED) is 0.930. The van der Waals surface area contributed by atoms with E-state index in [1.807, 2.05) is 32.0 Å². The van der Waals surface area contributed by atoms with E-state index in [0.717, 1.165) is 5.56 Å². The fourth-order valence-corrected chi connectivity index (χ4v) is 1.70. The molecule has 0 radical (unpaired) electrons. The summed E-state index contributed by atoms with van der Waals surface area (Å²) in [7, 11) is 0. The normalized spacial score (nSPS) is 12.0. The molecule has 0 spiro atoms. The summed E-state index contributed by atoms with van der Waals surface area (Å²) in [5.41, 5.74) is 2.31. The summed E-state index contributed by atoms with van der Waals surface area (Å²) in [5.74, 6) is 1.44. The monoisotopic (exact) mass is 274 g/mol. The standard InChI is InChI=1S/C15H18N2O3/c1-9-5-6-13(7-10(9)2)19-12(4)15(18)16-14-8-11(3)20-17-14/h5-8,12H,1-4H3,(H,16,17,18)/t12-/m0/s1. The molecular formula is C15H18N2O3. The van der Waals surface area contributed by atoms with Gasteiger partial charge >= 0.3 is 0 Å². The van der Waals surface area contributed by atoms with Crippen molar-refractivity contribution < 1.29 is 14.1 Å². The van der Waals surface area contributed by atoms with Crippen LogP contribution in [0.2, 0.25) is 0 Å². The number of rotatable bonds is 4. The lowest BCUT2D eigenvalue weighted by atomic mass is 10.1. The number of aromatic nitrogens is 1. The summed E-state index contributed by atoms with van der Waals surface area (Å²) >= 11 is 0. The molecule has 0 bridgehead atoms. The third-order valence-corrected chi connectivity index (χ3v) is 3.04. The first-order valence-corrected chi connectivity index (χ1v) is 6.44. The summed E-state index contributed by atoms with van der Waals surface area (Å²) in [6.07, 6.45) is -0.617. The lowest BCUT2D eigenvalue weighted by molar-refractivity contribution is -0.122. The lowest BCUT2D eigenvalue weighted by Gasteiger charge is -2.14. The molecule has 0 unspecified atom stereocenters. The van der Waals surface area contributed by atoms with Crippen molar-refractivity contribution in [2.24, 2.45) is 0 Å². The number of amides is 1. The largest absolute Gasteiger partial charge is 0.481 e. The van der Waals surface area contributed by atoms with Crippen LogP contribution in [-0.4, -0.2) is 17.2 Å². The minimum atomic E-state index is -0.617. The highest BCUT2D eigenvalue weighted by molar-refractivity contribution is 5.93. The van der Waals surface area contributed by atoms with Crippen LogP contribution < -0.4 is 10.1 Å². The van der Waals surface area contributed by atoms with Gasteiger partial charge in [-0.25, -0.2) is 0 Å². The molecule has 5 heteroatoms. The van der Waals surface area contributed by atoms with Gasteiger partial charge in [-0.15, -0.1) is 0 Å². The molecule has 20 heavy (non-hydrogen) atoms. The van der Waals surface area contributed by atoms with Crippen molar-refractivity contribution in [2.45, 2.75) is 33.8 Å². The number of anilines is 1. The van der Waals surface area contributed by atoms with Gasteiger partial charge in [-0.2, -0.15) is 0 Å². The van der Waals surface area contributed by atoms with Gasteiger partial charge in [0.25, 0.3) is 5.91 Å². The topological polar surface area (TPSA) is 64.4 Å². The van der Waals surface area contributed by atoms with Crippen LogP contribution in [0.25, 0.3) is 0 Å². The van der Waals surface area contributed by atoms with Crippen LogP contribution in [0, 0.1) is 20.8 Å². The molecule has 0 saturated carbocycles. The Labute approximate surface area is 117 Å². The van der Waals surface area contributed by atoms with E-state index in [4.69, 9.17) is 9.26 Å². The van der Waals surface area contributed by atoms with Crippen molar-refractivity contribution in [2.75, 3.05) is 5.32 Å². The fourth-order valence-electron chi connectivity index (χ4n) is 1.70. The maximum absolute atomic E-state index is 12.0. The minimum Gasteiger partial charge on any atom is -0.481 e. The van der Waals surface area contributed by atoms with Crippen molar-refractivity contribution in [1.82, 2.24) is 5.16 Å². The zero-order valence-corrected chi connectivity index (χ0v) is 12.1. The van der Waals surface area contributed by atoms with E-state index in [2.05, 4.69) is 10.5 Å². The average molecular weight is 274 g/mol. The van der Waals surface area contributed by atoms with E-state index in [-0.39, 0.29) is 5.91 Å². The van der Waals surface area contributed by atoms with Crippen molar-refractivity contribution in [3.63, 3.8) is 0 Å². The van der Waals surface area contributed by atoms with E-state index in [1.54, 1.807) is 19.9 Å². The Bertz CT molecular complexity index is 619. The number of aryl methyl sites for hydroxylation is 3. The van der Waals surface area contributed by atoms with Crippen LogP contribution in [-0.2, 0) is 4.79 Å². The van der Waals surface area contributed by atoms with E-state index in [0.29, 0.717) is 17.3 Å². The van der Waals surface area contributed by atoms with Crippen LogP contribution >= 0.6 is 0 Å². The molecule has 1 aromatic carbocycles. The van der Waals surface area contributed by atoms with E-state index in [9.17, 15) is 4.79 Å². The molecule has 106 valence electrons. The Balaban J connectivity index is 1.98. The van der Waals surface area contributed by atoms with Crippen molar-refractivity contribution in [3.8, 4) is 5.75 Å². The first-order valence-electron chi connectivity index (χ1n) is 6.44. The number of nitrogens with zero attached hydrogens (tertiary/aromatic N) is 1. The summed E-state index contributed by atoms with van der Waals surface area (Å²) in [6.45, 7) is 7.49. The zero-order chi connectivity index (χ0) is 14.7. The second-order valence-corrected chi connectivity index (χ2v) is 4.82. The molecule has 2 rings (SSSR count). The van der Waals surface area contributed by atoms with Crippen LogP contribution in [0.4, 0.5) is 5.82 Å². The van der Waals surface area contributed by atoms with Crippen molar-refractivity contribution in [1.29, 1.82) is 0 Å². The molecule has 0 aliphatic carbocycles. The fraction of sp³-hybridized carbons (Fsp3) is 0.333. The van der Waals surface area contributed by atoms with E-state index >= 15 is 0 Å². The third-order valence-electron chi connectivity index (χ3n) is 3.04. The molecule has 2 aromatic rings. The van der Waals surface area contributed by atoms with Crippen LogP contribution in [0.5, 0.6) is 5.75 Å². The van der Waals surface area contributed by atoms with Gasteiger partial charge < -0.3 is 14.6 Å². The molecule has 1 atom stereocenters. The van der Waals surface area contributed by atoms with Crippen molar-refractivity contribution >= 4 is 11.7 Å². The Morgan fingerprint density at radius 2 is 2.00 bits per heavy atom. The first-order chi connectivity index (χ1) is 9.45. The number of nitrogens with one attached hydrogen (secondary N) is 1. The molecule has 5 nitrogen and oxygen atoms in total. The number of carbonyl (C=O) groups is 1. The molecule has 1 aromatic heterocycles. The van der Waals surface area contributed by atoms with Gasteiger partial charge in [-0.05, 0) is 51.0 Å². The Hall–Kier alpha value is -2.30. The zero-order valence-electron chi connectivity index (χ0n) is 12.1. The summed E-state index contributed by atoms with van der Waals surface area (Å²) in [4.78, 5) is 12.0. The number of ether oxygens (including phenoxy) is 1. The molecule has 0 fully saturated rings. The van der Waals surface area contributed by atoms with E-state index < -0.39 is 6.10 Å². The smallest absolute Gasteiger partial charge is 0.266 e. The van der Waals surface area contributed by atoms with Crippen molar-refractivity contribution in [3.05, 3.63) is 41.2 Å². The predicted molar refractivity (Wildman–Crippen MR) is 75.9 cm³/mol. The predicted octanol–water partition coefficient (Wildman–Crippen LogP) is 3.01. The van der Waals surface area contributed by atoms with Gasteiger partial charge in [0.2, 0.25) is 0 Å². The number of hydrogen-bond donors (Lipinski definition) is 1. The molecule has 0 saturated heterocycles. The number of hydrogen-bond acceptors (Lipinski definition) is 4. The molecule has 1 amide bonds. The number of benzene rings is 1. The van der Waals surface area contributed by atoms with Crippen LogP contribution in [0.1, 0.15) is 23.8 Å². The highest BCUT2D eigenvalue weighted by Crippen LogP contribution is 2.18. The summed E-state index contributed by atoms with van der Waals surface area (Å²) < 4.78 is 10.5. The second kappa shape index (κ2) is 5.77. The highest BCUT2D eigenvalue weighted by Gasteiger charge is 2.16. The van der Waals surface area contributed by atoms with Gasteiger partial charge in [0.15, 0.2) is 11.9 Å². The second-order valence-electron chi connectivity index (χ2n) is 4.82. The minimum absolute atomic E-state index is 0.267. The Kier molecular flexibility index (Phi) is 4.08. The lowest BCUT2D eigenvalue weighted by Crippen LogP contribution is -2.30. The van der Waals surface area contributed by atoms with Gasteiger partial charge in [0, 0.05) is 6.07 Å². The molecule has 0 aliphatic rings. The highest BCUT2D eigenvalue weighted by atomic mass is 16.5. The van der Waals surface area contributed by atoms with Gasteiger partial charge in [0.05, 0.1) is 0 Å². The van der Waals surface area contributed by atoms with Gasteiger partial charge in [-0.1, -0.05) is 11.2 Å². The Morgan fingerprint density at radius 1 is 1.25 bits per heavy atom. The molecule has 1 N–H and O–H groups in total. The maximum Gasteiger partial charge on any atom is 0.266 e. The number of carbonyl (C=O) groups excluding carboxylic acids is 1. The Morgan fingerprint density at radius 3 is 2.60 bits per heavy atom. The van der Waals surface area contributed by atoms with Crippen LogP contribution in [0.15, 0.2) is 28.8 Å². The van der Waals surface area contributed by atoms with E-state index in [1.165, 1.54) is 5.56 Å². The SMILES string of the molecule is Cc1cc(NC(=O)[C@H](C)Oc2ccc(C)c(C)c2)no1. The first kappa shape index (κ1) is 14.1. The summed E-state index contributed by atoms with van der Waals surface area (Å²) in [5, 5.41) is 6.35. The molecule has 1 heterocycles. The molecule has 0 aliphatic heterocycles. The maximum atomic E-state index is 12.0. The molecular weight excluding hydrogens is 256 g/mol. The van der Waals surface area contributed by atoms with Crippen LogP contribution in [0.3, 0.4) is 0 Å². The van der Waals surface area contributed by atoms with Gasteiger partial charge in [0.1, 0.15) is 11.5 Å². The average Bonchev–Trinajstić information content (AvgIpc) is 2.79. The van der Waals surface area contributed by atoms with Gasteiger partial charge in [-0.3, -0.25) is 4.79 Å².